The Bertz CT molecular complexity index is 209. The molecule has 0 radical (unpaired) electrons. The molecule has 3 heteroatoms. The maximum absolute atomic E-state index is 7.51. The maximum atomic E-state index is 7.51. The molecule has 0 aromatic heterocycles. The van der Waals surface area contributed by atoms with Gasteiger partial charge >= 0.3 is 0 Å². The van der Waals surface area contributed by atoms with Gasteiger partial charge in [0, 0.05) is 11.5 Å². The molecule has 0 rings (SSSR count). The molecule has 0 fully saturated rings. The van der Waals surface area contributed by atoms with Crippen LogP contribution in [0.4, 0.5) is 0 Å². The van der Waals surface area contributed by atoms with E-state index in [1.807, 2.05) is 0 Å². The Morgan fingerprint density at radius 1 is 1.31 bits per heavy atom. The zero-order valence-corrected chi connectivity index (χ0v) is 11.6. The van der Waals surface area contributed by atoms with Crippen molar-refractivity contribution >= 4 is 5.84 Å². The van der Waals surface area contributed by atoms with E-state index in [0.717, 1.165) is 25.9 Å². The van der Waals surface area contributed by atoms with Crippen molar-refractivity contribution in [1.82, 2.24) is 4.90 Å². The molecule has 0 heterocycles. The molecule has 0 aliphatic heterocycles. The first-order valence-electron chi connectivity index (χ1n) is 6.39. The third kappa shape index (κ3) is 5.50. The van der Waals surface area contributed by atoms with Crippen molar-refractivity contribution in [3.05, 3.63) is 0 Å². The predicted molar refractivity (Wildman–Crippen MR) is 71.9 cm³/mol. The summed E-state index contributed by atoms with van der Waals surface area (Å²) in [5.74, 6) is 0.305. The summed E-state index contributed by atoms with van der Waals surface area (Å²) in [7, 11) is 0. The maximum Gasteiger partial charge on any atom is 0.0963 e. The van der Waals surface area contributed by atoms with E-state index >= 15 is 0 Å². The highest BCUT2D eigenvalue weighted by molar-refractivity contribution is 5.82. The van der Waals surface area contributed by atoms with Crippen molar-refractivity contribution in [2.45, 2.75) is 59.9 Å². The summed E-state index contributed by atoms with van der Waals surface area (Å²) in [6.45, 7) is 13.1. The lowest BCUT2D eigenvalue weighted by atomic mass is 9.86. The Morgan fingerprint density at radius 2 is 1.88 bits per heavy atom. The normalized spacial score (nSPS) is 12.4. The van der Waals surface area contributed by atoms with Crippen LogP contribution >= 0.6 is 0 Å². The lowest BCUT2D eigenvalue weighted by Crippen LogP contribution is -2.35. The van der Waals surface area contributed by atoms with Gasteiger partial charge in [0.2, 0.25) is 0 Å². The van der Waals surface area contributed by atoms with Gasteiger partial charge in [-0.1, -0.05) is 20.8 Å². The summed E-state index contributed by atoms with van der Waals surface area (Å²) in [4.78, 5) is 2.50. The zero-order chi connectivity index (χ0) is 12.8. The van der Waals surface area contributed by atoms with Crippen LogP contribution in [0.2, 0.25) is 0 Å². The number of hydrogen-bond acceptors (Lipinski definition) is 2. The van der Waals surface area contributed by atoms with Crippen LogP contribution in [0.5, 0.6) is 0 Å². The summed E-state index contributed by atoms with van der Waals surface area (Å²) in [6.07, 6.45) is 3.31. The Labute approximate surface area is 101 Å². The molecular weight excluding hydrogens is 198 g/mol. The van der Waals surface area contributed by atoms with Gasteiger partial charge in [0.1, 0.15) is 0 Å². The second-order valence-corrected chi connectivity index (χ2v) is 5.53. The molecule has 3 nitrogen and oxygen atoms in total. The van der Waals surface area contributed by atoms with Gasteiger partial charge in [0.25, 0.3) is 0 Å². The predicted octanol–water partition coefficient (Wildman–Crippen LogP) is 2.85. The molecule has 0 spiro atoms. The number of nitrogens with one attached hydrogen (secondary N) is 1. The lowest BCUT2D eigenvalue weighted by molar-refractivity contribution is 0.211. The first kappa shape index (κ1) is 15.4. The van der Waals surface area contributed by atoms with E-state index in [-0.39, 0.29) is 5.41 Å². The first-order chi connectivity index (χ1) is 7.31. The molecule has 16 heavy (non-hydrogen) atoms. The lowest BCUT2D eigenvalue weighted by Gasteiger charge is -2.28. The molecule has 0 amide bonds. The average molecular weight is 227 g/mol. The number of nitrogens with two attached hydrogens (primary N) is 1. The van der Waals surface area contributed by atoms with E-state index < -0.39 is 0 Å². The molecular formula is C13H29N3. The van der Waals surface area contributed by atoms with E-state index in [1.54, 1.807) is 0 Å². The van der Waals surface area contributed by atoms with Crippen molar-refractivity contribution in [2.24, 2.45) is 11.1 Å². The number of rotatable bonds is 8. The van der Waals surface area contributed by atoms with Gasteiger partial charge < -0.3 is 10.6 Å². The Kier molecular flexibility index (Phi) is 6.65. The van der Waals surface area contributed by atoms with Crippen molar-refractivity contribution in [1.29, 1.82) is 5.41 Å². The van der Waals surface area contributed by atoms with Crippen LogP contribution in [0, 0.1) is 10.8 Å². The molecule has 0 saturated heterocycles. The summed E-state index contributed by atoms with van der Waals surface area (Å²) in [6, 6.07) is 0.611. The highest BCUT2D eigenvalue weighted by Gasteiger charge is 2.21. The zero-order valence-electron chi connectivity index (χ0n) is 11.6. The molecule has 0 bridgehead atoms. The van der Waals surface area contributed by atoms with Crippen LogP contribution in [-0.4, -0.2) is 29.9 Å². The minimum atomic E-state index is -0.144. The van der Waals surface area contributed by atoms with Crippen molar-refractivity contribution in [3.63, 3.8) is 0 Å². The smallest absolute Gasteiger partial charge is 0.0963 e. The van der Waals surface area contributed by atoms with Crippen LogP contribution < -0.4 is 5.73 Å². The van der Waals surface area contributed by atoms with Gasteiger partial charge in [-0.05, 0) is 46.2 Å². The number of nitrogens with zero attached hydrogens (tertiary/aromatic N) is 1. The summed E-state index contributed by atoms with van der Waals surface area (Å²) in [5.41, 5.74) is 5.43. The van der Waals surface area contributed by atoms with Gasteiger partial charge in [-0.3, -0.25) is 5.41 Å². The van der Waals surface area contributed by atoms with Gasteiger partial charge in [-0.25, -0.2) is 0 Å². The third-order valence-corrected chi connectivity index (χ3v) is 3.22. The summed E-state index contributed by atoms with van der Waals surface area (Å²) >= 11 is 0. The van der Waals surface area contributed by atoms with E-state index in [1.165, 1.54) is 6.42 Å². The Balaban J connectivity index is 3.99. The second kappa shape index (κ2) is 6.89. The molecule has 0 aliphatic rings. The van der Waals surface area contributed by atoms with E-state index in [9.17, 15) is 0 Å². The van der Waals surface area contributed by atoms with Crippen molar-refractivity contribution in [2.75, 3.05) is 13.1 Å². The SMILES string of the molecule is CCCN(CCCC(C)(C)C(=N)N)C(C)C. The number of hydrogen-bond donors (Lipinski definition) is 2. The van der Waals surface area contributed by atoms with E-state index in [0.29, 0.717) is 11.9 Å². The van der Waals surface area contributed by atoms with E-state index in [4.69, 9.17) is 11.1 Å². The molecule has 0 aromatic carbocycles. The third-order valence-electron chi connectivity index (χ3n) is 3.22. The largest absolute Gasteiger partial charge is 0.387 e. The minimum absolute atomic E-state index is 0.144. The minimum Gasteiger partial charge on any atom is -0.387 e. The molecule has 0 aliphatic carbocycles. The highest BCUT2D eigenvalue weighted by Crippen LogP contribution is 2.22. The standard InChI is InChI=1S/C13H29N3/c1-6-9-16(11(2)3)10-7-8-13(4,5)12(14)15/h11H,6-10H2,1-5H3,(H3,14,15). The number of amidine groups is 1. The van der Waals surface area contributed by atoms with Crippen molar-refractivity contribution in [3.8, 4) is 0 Å². The fraction of sp³-hybridized carbons (Fsp3) is 0.923. The Hall–Kier alpha value is -0.570. The van der Waals surface area contributed by atoms with Crippen molar-refractivity contribution < 1.29 is 0 Å². The Morgan fingerprint density at radius 3 is 2.25 bits per heavy atom. The molecule has 96 valence electrons. The molecule has 3 N–H and O–H groups in total. The van der Waals surface area contributed by atoms with Gasteiger partial charge in [0.15, 0.2) is 0 Å². The topological polar surface area (TPSA) is 53.1 Å². The quantitative estimate of drug-likeness (QED) is 0.495. The van der Waals surface area contributed by atoms with Crippen LogP contribution in [0.15, 0.2) is 0 Å². The monoisotopic (exact) mass is 227 g/mol. The van der Waals surface area contributed by atoms with Crippen LogP contribution in [0.1, 0.15) is 53.9 Å². The van der Waals surface area contributed by atoms with Crippen LogP contribution in [-0.2, 0) is 0 Å². The van der Waals surface area contributed by atoms with Gasteiger partial charge in [0.05, 0.1) is 5.84 Å². The van der Waals surface area contributed by atoms with Crippen LogP contribution in [0.3, 0.4) is 0 Å². The molecule has 0 atom stereocenters. The average Bonchev–Trinajstić information content (AvgIpc) is 2.15. The van der Waals surface area contributed by atoms with Gasteiger partial charge in [-0.15, -0.1) is 0 Å². The second-order valence-electron chi connectivity index (χ2n) is 5.53. The fourth-order valence-corrected chi connectivity index (χ4v) is 1.77. The summed E-state index contributed by atoms with van der Waals surface area (Å²) < 4.78 is 0. The highest BCUT2D eigenvalue weighted by atomic mass is 15.1. The first-order valence-corrected chi connectivity index (χ1v) is 6.39. The summed E-state index contributed by atoms with van der Waals surface area (Å²) in [5, 5.41) is 7.51. The van der Waals surface area contributed by atoms with E-state index in [2.05, 4.69) is 39.5 Å². The molecule has 0 aromatic rings. The molecule has 0 unspecified atom stereocenters. The van der Waals surface area contributed by atoms with Gasteiger partial charge in [-0.2, -0.15) is 0 Å². The molecule has 0 saturated carbocycles. The fourth-order valence-electron chi connectivity index (χ4n) is 1.77. The van der Waals surface area contributed by atoms with Crippen LogP contribution in [0.25, 0.3) is 0 Å².